The molecule has 8 nitrogen and oxygen atoms in total. The van der Waals surface area contributed by atoms with Crippen molar-refractivity contribution in [1.82, 2.24) is 24.8 Å². The van der Waals surface area contributed by atoms with E-state index >= 15 is 0 Å². The van der Waals surface area contributed by atoms with E-state index in [9.17, 15) is 9.59 Å². The van der Waals surface area contributed by atoms with Crippen molar-refractivity contribution in [1.29, 1.82) is 0 Å². The monoisotopic (exact) mass is 433 g/mol. The van der Waals surface area contributed by atoms with E-state index in [0.717, 1.165) is 22.7 Å². The van der Waals surface area contributed by atoms with Crippen LogP contribution >= 0.6 is 0 Å². The number of imidazole rings is 1. The molecule has 1 aromatic carbocycles. The molecule has 1 N–H and O–H groups in total. The lowest BCUT2D eigenvalue weighted by molar-refractivity contribution is -0.126. The number of ether oxygens (including phenoxy) is 1. The molecule has 0 saturated heterocycles. The number of fused-ring (bicyclic) bond motifs is 1. The molecular weight excluding hydrogens is 406 g/mol. The maximum Gasteiger partial charge on any atom is 0.256 e. The smallest absolute Gasteiger partial charge is 0.256 e. The number of benzene rings is 1. The topological polar surface area (TPSA) is 89.4 Å². The molecule has 3 aromatic rings. The fourth-order valence-electron chi connectivity index (χ4n) is 4.02. The quantitative estimate of drug-likeness (QED) is 0.646. The molecule has 2 aromatic heterocycles. The van der Waals surface area contributed by atoms with Gasteiger partial charge in [-0.05, 0) is 43.7 Å². The Labute approximate surface area is 187 Å². The predicted molar refractivity (Wildman–Crippen MR) is 119 cm³/mol. The van der Waals surface area contributed by atoms with Crippen molar-refractivity contribution in [3.8, 4) is 5.75 Å². The Kier molecular flexibility index (Phi) is 6.20. The van der Waals surface area contributed by atoms with Gasteiger partial charge in [0.25, 0.3) is 5.91 Å². The van der Waals surface area contributed by atoms with Gasteiger partial charge < -0.3 is 19.5 Å². The summed E-state index contributed by atoms with van der Waals surface area (Å²) in [5, 5.41) is 3.01. The number of aromatic nitrogens is 3. The Hall–Kier alpha value is -3.68. The van der Waals surface area contributed by atoms with Crippen molar-refractivity contribution in [3.05, 3.63) is 77.6 Å². The largest absolute Gasteiger partial charge is 0.497 e. The van der Waals surface area contributed by atoms with Crippen molar-refractivity contribution < 1.29 is 14.3 Å². The van der Waals surface area contributed by atoms with E-state index in [-0.39, 0.29) is 17.9 Å². The summed E-state index contributed by atoms with van der Waals surface area (Å²) in [4.78, 5) is 37.1. The first kappa shape index (κ1) is 21.5. The van der Waals surface area contributed by atoms with E-state index in [1.807, 2.05) is 42.7 Å². The van der Waals surface area contributed by atoms with Crippen LogP contribution in [0.5, 0.6) is 5.75 Å². The second-order valence-electron chi connectivity index (χ2n) is 8.04. The molecule has 3 heterocycles. The first-order valence-electron chi connectivity index (χ1n) is 10.7. The number of methoxy groups -OCH3 is 1. The molecule has 1 atom stereocenters. The molecule has 1 aliphatic rings. The highest BCUT2D eigenvalue weighted by Gasteiger charge is 2.39. The van der Waals surface area contributed by atoms with Gasteiger partial charge in [-0.2, -0.15) is 0 Å². The number of nitrogens with one attached hydrogen (secondary N) is 1. The van der Waals surface area contributed by atoms with Gasteiger partial charge in [0, 0.05) is 37.9 Å². The summed E-state index contributed by atoms with van der Waals surface area (Å²) >= 11 is 0. The lowest BCUT2D eigenvalue weighted by Crippen LogP contribution is -2.48. The molecule has 0 fully saturated rings. The van der Waals surface area contributed by atoms with E-state index in [2.05, 4.69) is 15.3 Å². The van der Waals surface area contributed by atoms with E-state index < -0.39 is 6.04 Å². The van der Waals surface area contributed by atoms with Gasteiger partial charge in [-0.25, -0.2) is 4.98 Å². The number of hydrogen-bond acceptors (Lipinski definition) is 5. The van der Waals surface area contributed by atoms with Gasteiger partial charge in [0.15, 0.2) is 6.04 Å². The maximum absolute atomic E-state index is 13.5. The van der Waals surface area contributed by atoms with E-state index in [1.165, 1.54) is 6.20 Å². The summed E-state index contributed by atoms with van der Waals surface area (Å²) in [6.45, 7) is 4.81. The second kappa shape index (κ2) is 9.21. The maximum atomic E-state index is 13.5. The van der Waals surface area contributed by atoms with Crippen molar-refractivity contribution >= 4 is 11.8 Å². The van der Waals surface area contributed by atoms with E-state index in [0.29, 0.717) is 25.1 Å². The van der Waals surface area contributed by atoms with E-state index in [4.69, 9.17) is 4.74 Å². The zero-order valence-electron chi connectivity index (χ0n) is 18.5. The molecule has 2 amide bonds. The fraction of sp³-hybridized carbons (Fsp3) is 0.333. The normalized spacial score (nSPS) is 15.4. The third kappa shape index (κ3) is 4.21. The predicted octanol–water partition coefficient (Wildman–Crippen LogP) is 2.92. The standard InChI is InChI=1S/C24H27N5O3/c1-16(2)29-15-27-20-9-11-28(24(31)18-7-5-10-25-14-18)22(21(20)29)23(30)26-13-17-6-4-8-19(12-17)32-3/h4-8,10,12,14-16,22H,9,11,13H2,1-3H3,(H,26,30). The number of amides is 2. The Morgan fingerprint density at radius 2 is 2.09 bits per heavy atom. The molecule has 1 aliphatic heterocycles. The second-order valence-corrected chi connectivity index (χ2v) is 8.04. The fourth-order valence-corrected chi connectivity index (χ4v) is 4.02. The number of nitrogens with zero attached hydrogens (tertiary/aromatic N) is 4. The summed E-state index contributed by atoms with van der Waals surface area (Å²) in [6, 6.07) is 10.3. The van der Waals surface area contributed by atoms with Crippen LogP contribution in [-0.4, -0.2) is 44.9 Å². The zero-order chi connectivity index (χ0) is 22.7. The van der Waals surface area contributed by atoms with Crippen LogP contribution in [0.3, 0.4) is 0 Å². The summed E-state index contributed by atoms with van der Waals surface area (Å²) < 4.78 is 7.25. The molecule has 4 rings (SSSR count). The highest BCUT2D eigenvalue weighted by Crippen LogP contribution is 2.32. The molecule has 8 heteroatoms. The molecule has 0 spiro atoms. The van der Waals surface area contributed by atoms with Crippen LogP contribution < -0.4 is 10.1 Å². The molecule has 166 valence electrons. The van der Waals surface area contributed by atoms with Crippen LogP contribution in [0.25, 0.3) is 0 Å². The molecule has 1 unspecified atom stereocenters. The summed E-state index contributed by atoms with van der Waals surface area (Å²) in [5.74, 6) is 0.262. The third-order valence-electron chi connectivity index (χ3n) is 5.65. The highest BCUT2D eigenvalue weighted by atomic mass is 16.5. The van der Waals surface area contributed by atoms with Crippen molar-refractivity contribution in [2.45, 2.75) is 38.9 Å². The zero-order valence-corrected chi connectivity index (χ0v) is 18.5. The lowest BCUT2D eigenvalue weighted by Gasteiger charge is -2.36. The lowest BCUT2D eigenvalue weighted by atomic mass is 9.99. The van der Waals surface area contributed by atoms with E-state index in [1.54, 1.807) is 36.7 Å². The summed E-state index contributed by atoms with van der Waals surface area (Å²) in [5.41, 5.74) is 3.00. The summed E-state index contributed by atoms with van der Waals surface area (Å²) in [7, 11) is 1.61. The Morgan fingerprint density at radius 1 is 1.25 bits per heavy atom. The average molecular weight is 434 g/mol. The Morgan fingerprint density at radius 3 is 2.81 bits per heavy atom. The summed E-state index contributed by atoms with van der Waals surface area (Å²) in [6.07, 6.45) is 5.51. The van der Waals surface area contributed by atoms with Crippen molar-refractivity contribution in [2.24, 2.45) is 0 Å². The number of carbonyl (C=O) groups is 2. The minimum Gasteiger partial charge on any atom is -0.497 e. The molecule has 0 radical (unpaired) electrons. The van der Waals surface area contributed by atoms with Gasteiger partial charge in [-0.3, -0.25) is 14.6 Å². The van der Waals surface area contributed by atoms with Crippen LogP contribution in [0.4, 0.5) is 0 Å². The van der Waals surface area contributed by atoms with Crippen LogP contribution in [0.2, 0.25) is 0 Å². The molecule has 0 aliphatic carbocycles. The highest BCUT2D eigenvalue weighted by molar-refractivity contribution is 5.98. The van der Waals surface area contributed by atoms with Crippen LogP contribution in [0, 0.1) is 0 Å². The van der Waals surface area contributed by atoms with Gasteiger partial charge in [-0.15, -0.1) is 0 Å². The number of carbonyl (C=O) groups excluding carboxylic acids is 2. The van der Waals surface area contributed by atoms with Gasteiger partial charge in [0.1, 0.15) is 5.75 Å². The van der Waals surface area contributed by atoms with Gasteiger partial charge in [-0.1, -0.05) is 12.1 Å². The molecular formula is C24H27N5O3. The molecule has 0 bridgehead atoms. The van der Waals surface area contributed by atoms with Crippen molar-refractivity contribution in [3.63, 3.8) is 0 Å². The minimum absolute atomic E-state index is 0.105. The number of rotatable bonds is 6. The number of hydrogen-bond donors (Lipinski definition) is 1. The van der Waals surface area contributed by atoms with Crippen LogP contribution in [-0.2, 0) is 17.8 Å². The van der Waals surface area contributed by atoms with Crippen LogP contribution in [0.15, 0.2) is 55.1 Å². The van der Waals surface area contributed by atoms with Gasteiger partial charge in [0.2, 0.25) is 5.91 Å². The van der Waals surface area contributed by atoms with Crippen LogP contribution in [0.1, 0.15) is 53.2 Å². The van der Waals surface area contributed by atoms with Gasteiger partial charge >= 0.3 is 0 Å². The average Bonchev–Trinajstić information content (AvgIpc) is 3.26. The molecule has 32 heavy (non-hydrogen) atoms. The first-order valence-corrected chi connectivity index (χ1v) is 10.7. The SMILES string of the molecule is COc1cccc(CNC(=O)C2c3c(ncn3C(C)C)CCN2C(=O)c2cccnc2)c1. The molecule has 0 saturated carbocycles. The Bertz CT molecular complexity index is 1110. The third-order valence-corrected chi connectivity index (χ3v) is 5.65. The number of pyridine rings is 1. The minimum atomic E-state index is -0.776. The Balaban J connectivity index is 1.66. The first-order chi connectivity index (χ1) is 15.5. The van der Waals surface area contributed by atoms with Gasteiger partial charge in [0.05, 0.1) is 30.4 Å². The van der Waals surface area contributed by atoms with Crippen molar-refractivity contribution in [2.75, 3.05) is 13.7 Å².